The van der Waals surface area contributed by atoms with Gasteiger partial charge in [-0.25, -0.2) is 0 Å². The topological polar surface area (TPSA) is 20.2 Å². The molecule has 3 atom stereocenters. The van der Waals surface area contributed by atoms with Crippen molar-refractivity contribution < 1.29 is 5.11 Å². The third-order valence-corrected chi connectivity index (χ3v) is 4.43. The van der Waals surface area contributed by atoms with E-state index in [0.717, 1.165) is 24.7 Å². The van der Waals surface area contributed by atoms with Gasteiger partial charge in [0.1, 0.15) is 0 Å². The van der Waals surface area contributed by atoms with Gasteiger partial charge in [0.25, 0.3) is 0 Å². The Kier molecular flexibility index (Phi) is 2.46. The Hall–Kier alpha value is -0.300. The van der Waals surface area contributed by atoms with Gasteiger partial charge >= 0.3 is 0 Å². The summed E-state index contributed by atoms with van der Waals surface area (Å²) in [7, 11) is 0. The minimum Gasteiger partial charge on any atom is -0.393 e. The Morgan fingerprint density at radius 2 is 2.29 bits per heavy atom. The van der Waals surface area contributed by atoms with Crippen molar-refractivity contribution in [2.24, 2.45) is 17.3 Å². The van der Waals surface area contributed by atoms with E-state index in [1.165, 1.54) is 12.8 Å². The summed E-state index contributed by atoms with van der Waals surface area (Å²) in [5.41, 5.74) is 2.17. The predicted molar refractivity (Wildman–Crippen MR) is 59.0 cm³/mol. The summed E-state index contributed by atoms with van der Waals surface area (Å²) >= 11 is 0. The van der Waals surface area contributed by atoms with Gasteiger partial charge in [-0.15, -0.1) is 0 Å². The zero-order valence-electron chi connectivity index (χ0n) is 9.59. The van der Waals surface area contributed by atoms with E-state index in [2.05, 4.69) is 19.9 Å². The van der Waals surface area contributed by atoms with Crippen LogP contribution in [0, 0.1) is 17.3 Å². The van der Waals surface area contributed by atoms with E-state index >= 15 is 0 Å². The Bertz CT molecular complexity index is 250. The third kappa shape index (κ3) is 1.52. The Labute approximate surface area is 87.2 Å². The molecule has 0 aliphatic heterocycles. The lowest BCUT2D eigenvalue weighted by atomic mass is 9.48. The molecule has 1 heteroatoms. The van der Waals surface area contributed by atoms with Crippen LogP contribution in [0.15, 0.2) is 11.6 Å². The highest BCUT2D eigenvalue weighted by Gasteiger charge is 2.50. The van der Waals surface area contributed by atoms with Crippen molar-refractivity contribution >= 4 is 0 Å². The molecule has 1 fully saturated rings. The molecule has 0 radical (unpaired) electrons. The first-order valence-electron chi connectivity index (χ1n) is 5.89. The molecule has 0 amide bonds. The van der Waals surface area contributed by atoms with Gasteiger partial charge in [-0.1, -0.05) is 25.5 Å². The minimum atomic E-state index is -0.142. The van der Waals surface area contributed by atoms with Crippen molar-refractivity contribution in [3.63, 3.8) is 0 Å². The van der Waals surface area contributed by atoms with Crippen molar-refractivity contribution in [3.8, 4) is 0 Å². The number of rotatable bonds is 3. The van der Waals surface area contributed by atoms with Crippen LogP contribution in [0.3, 0.4) is 0 Å². The van der Waals surface area contributed by atoms with Crippen LogP contribution in [0.2, 0.25) is 0 Å². The van der Waals surface area contributed by atoms with Gasteiger partial charge in [0.05, 0.1) is 6.10 Å². The minimum absolute atomic E-state index is 0.142. The molecule has 1 N–H and O–H groups in total. The summed E-state index contributed by atoms with van der Waals surface area (Å²) in [5.74, 6) is 1.75. The monoisotopic (exact) mass is 194 g/mol. The van der Waals surface area contributed by atoms with E-state index < -0.39 is 0 Å². The molecule has 2 bridgehead atoms. The van der Waals surface area contributed by atoms with Crippen molar-refractivity contribution in [1.29, 1.82) is 0 Å². The van der Waals surface area contributed by atoms with E-state index in [1.54, 1.807) is 5.57 Å². The van der Waals surface area contributed by atoms with Crippen molar-refractivity contribution in [1.82, 2.24) is 0 Å². The van der Waals surface area contributed by atoms with Crippen LogP contribution >= 0.6 is 0 Å². The zero-order chi connectivity index (χ0) is 10.3. The summed E-state index contributed by atoms with van der Waals surface area (Å²) in [6.45, 7) is 6.69. The van der Waals surface area contributed by atoms with Crippen molar-refractivity contribution in [2.45, 2.75) is 52.6 Å². The summed E-state index contributed by atoms with van der Waals surface area (Å²) in [5, 5.41) is 9.28. The molecular formula is C13H22O. The molecule has 0 aromatic heterocycles. The Morgan fingerprint density at radius 3 is 2.79 bits per heavy atom. The van der Waals surface area contributed by atoms with E-state index in [-0.39, 0.29) is 6.10 Å². The molecule has 1 nitrogen and oxygen atoms in total. The van der Waals surface area contributed by atoms with E-state index in [9.17, 15) is 5.11 Å². The average molecular weight is 194 g/mol. The normalized spacial score (nSPS) is 35.9. The first-order chi connectivity index (χ1) is 6.51. The van der Waals surface area contributed by atoms with E-state index in [0.29, 0.717) is 5.41 Å². The molecular weight excluding hydrogens is 172 g/mol. The molecule has 3 aliphatic carbocycles. The number of aliphatic hydroxyl groups is 1. The largest absolute Gasteiger partial charge is 0.393 e. The highest BCUT2D eigenvalue weighted by molar-refractivity contribution is 5.23. The maximum Gasteiger partial charge on any atom is 0.0515 e. The van der Waals surface area contributed by atoms with Crippen LogP contribution in [0.5, 0.6) is 0 Å². The molecule has 0 aromatic carbocycles. The second kappa shape index (κ2) is 3.37. The molecule has 1 saturated carbocycles. The van der Waals surface area contributed by atoms with Crippen LogP contribution in [0.1, 0.15) is 46.5 Å². The molecule has 0 saturated heterocycles. The fourth-order valence-electron chi connectivity index (χ4n) is 3.13. The number of hydrogen-bond donors (Lipinski definition) is 1. The van der Waals surface area contributed by atoms with Gasteiger partial charge in [-0.2, -0.15) is 0 Å². The maximum absolute atomic E-state index is 9.28. The first kappa shape index (κ1) is 10.2. The highest BCUT2D eigenvalue weighted by Crippen LogP contribution is 2.59. The highest BCUT2D eigenvalue weighted by atomic mass is 16.3. The van der Waals surface area contributed by atoms with Crippen LogP contribution in [-0.2, 0) is 0 Å². The van der Waals surface area contributed by atoms with E-state index in [1.807, 2.05) is 6.92 Å². The fourth-order valence-corrected chi connectivity index (χ4v) is 3.13. The molecule has 3 rings (SSSR count). The summed E-state index contributed by atoms with van der Waals surface area (Å²) in [6.07, 6.45) is 7.02. The van der Waals surface area contributed by atoms with Crippen LogP contribution in [0.25, 0.3) is 0 Å². The standard InChI is InChI=1S/C13H22O/c1-9(14)4-5-10-6-7-11-8-12(10)13(11,2)3/h6,9,11-12,14H,4-5,7-8H2,1-3H3/t9?,11-,12-/m0/s1. The summed E-state index contributed by atoms with van der Waals surface area (Å²) in [4.78, 5) is 0. The number of hydrogen-bond acceptors (Lipinski definition) is 1. The molecule has 0 heterocycles. The summed E-state index contributed by atoms with van der Waals surface area (Å²) < 4.78 is 0. The second-order valence-corrected chi connectivity index (χ2v) is 5.71. The van der Waals surface area contributed by atoms with Crippen LogP contribution in [-0.4, -0.2) is 11.2 Å². The number of allylic oxidation sites excluding steroid dienone is 2. The molecule has 3 aliphatic rings. The summed E-state index contributed by atoms with van der Waals surface area (Å²) in [6, 6.07) is 0. The Balaban J connectivity index is 1.97. The molecule has 0 aromatic rings. The molecule has 0 spiro atoms. The van der Waals surface area contributed by atoms with Crippen LogP contribution in [0.4, 0.5) is 0 Å². The SMILES string of the molecule is CC(O)CCC1=CC[C@H]2C[C@@H]1C2(C)C. The number of fused-ring (bicyclic) bond motifs is 1. The van der Waals surface area contributed by atoms with Crippen molar-refractivity contribution in [3.05, 3.63) is 11.6 Å². The van der Waals surface area contributed by atoms with Gasteiger partial charge in [0.15, 0.2) is 0 Å². The fraction of sp³-hybridized carbons (Fsp3) is 0.846. The smallest absolute Gasteiger partial charge is 0.0515 e. The number of aliphatic hydroxyl groups excluding tert-OH is 1. The van der Waals surface area contributed by atoms with E-state index in [4.69, 9.17) is 0 Å². The quantitative estimate of drug-likeness (QED) is 0.684. The zero-order valence-corrected chi connectivity index (χ0v) is 9.59. The van der Waals surface area contributed by atoms with Gasteiger partial charge in [0, 0.05) is 0 Å². The second-order valence-electron chi connectivity index (χ2n) is 5.71. The third-order valence-electron chi connectivity index (χ3n) is 4.43. The van der Waals surface area contributed by atoms with Crippen LogP contribution < -0.4 is 0 Å². The van der Waals surface area contributed by atoms with Gasteiger partial charge in [0.2, 0.25) is 0 Å². The lowest BCUT2D eigenvalue weighted by Crippen LogP contribution is -2.48. The Morgan fingerprint density at radius 1 is 1.57 bits per heavy atom. The average Bonchev–Trinajstić information content (AvgIpc) is 2.14. The van der Waals surface area contributed by atoms with Crippen molar-refractivity contribution in [2.75, 3.05) is 0 Å². The molecule has 14 heavy (non-hydrogen) atoms. The van der Waals surface area contributed by atoms with Gasteiger partial charge in [-0.05, 0) is 49.9 Å². The predicted octanol–water partition coefficient (Wildman–Crippen LogP) is 3.14. The van der Waals surface area contributed by atoms with Gasteiger partial charge in [-0.3, -0.25) is 0 Å². The molecule has 80 valence electrons. The molecule has 1 unspecified atom stereocenters. The lowest BCUT2D eigenvalue weighted by molar-refractivity contribution is -0.00924. The maximum atomic E-state index is 9.28. The van der Waals surface area contributed by atoms with Gasteiger partial charge < -0.3 is 5.11 Å². The lowest BCUT2D eigenvalue weighted by Gasteiger charge is -2.56. The first-order valence-corrected chi connectivity index (χ1v) is 5.89.